The largest absolute Gasteiger partial charge is 0.480 e. The van der Waals surface area contributed by atoms with Crippen LogP contribution in [0.25, 0.3) is 0 Å². The van der Waals surface area contributed by atoms with Crippen LogP contribution in [-0.4, -0.2) is 70.0 Å². The van der Waals surface area contributed by atoms with E-state index in [0.717, 1.165) is 6.26 Å². The first-order chi connectivity index (χ1) is 11.3. The molecule has 24 heavy (non-hydrogen) atoms. The van der Waals surface area contributed by atoms with Gasteiger partial charge in [-0.1, -0.05) is 0 Å². The molecule has 1 aromatic rings. The molecular weight excluding hydrogens is 404 g/mol. The molecule has 11 heteroatoms. The molecule has 1 fully saturated rings. The summed E-state index contributed by atoms with van der Waals surface area (Å²) < 4.78 is 36.1. The molecule has 1 aliphatic rings. The van der Waals surface area contributed by atoms with Gasteiger partial charge in [0.15, 0.2) is 0 Å². The van der Waals surface area contributed by atoms with E-state index in [2.05, 4.69) is 31.0 Å². The van der Waals surface area contributed by atoms with Gasteiger partial charge in [0.2, 0.25) is 15.9 Å². The van der Waals surface area contributed by atoms with Crippen molar-refractivity contribution in [1.82, 2.24) is 14.6 Å². The van der Waals surface area contributed by atoms with Crippen molar-refractivity contribution in [1.29, 1.82) is 0 Å². The molecule has 0 bridgehead atoms. The van der Waals surface area contributed by atoms with Gasteiger partial charge >= 0.3 is 6.03 Å². The number of sulfonamides is 1. The topological polar surface area (TPSA) is 110 Å². The second kappa shape index (κ2) is 8.10. The fourth-order valence-corrected chi connectivity index (χ4v) is 3.03. The average Bonchev–Trinajstić information content (AvgIpc) is 2.52. The van der Waals surface area contributed by atoms with E-state index in [0.29, 0.717) is 23.3 Å². The number of urea groups is 1. The number of carbonyl (C=O) groups is 1. The molecule has 1 aliphatic heterocycles. The maximum Gasteiger partial charge on any atom is 0.322 e. The molecule has 1 saturated heterocycles. The smallest absolute Gasteiger partial charge is 0.322 e. The van der Waals surface area contributed by atoms with Gasteiger partial charge in [-0.2, -0.15) is 0 Å². The summed E-state index contributed by atoms with van der Waals surface area (Å²) in [5, 5.41) is 2.74. The molecule has 0 radical (unpaired) electrons. The van der Waals surface area contributed by atoms with Gasteiger partial charge in [0.1, 0.15) is 5.69 Å². The Labute approximate surface area is 148 Å². The van der Waals surface area contributed by atoms with Crippen molar-refractivity contribution in [3.63, 3.8) is 0 Å². The Kier molecular flexibility index (Phi) is 6.38. The molecule has 2 heterocycles. The van der Waals surface area contributed by atoms with Crippen molar-refractivity contribution >= 4 is 37.7 Å². The van der Waals surface area contributed by atoms with E-state index in [9.17, 15) is 13.2 Å². The fourth-order valence-electron chi connectivity index (χ4n) is 2.20. The number of ether oxygens (including phenoxy) is 2. The average molecular weight is 423 g/mol. The summed E-state index contributed by atoms with van der Waals surface area (Å²) in [5.74, 6) is 0.283. The van der Waals surface area contributed by atoms with Gasteiger partial charge < -0.3 is 19.7 Å². The molecule has 0 aliphatic carbocycles. The Morgan fingerprint density at radius 1 is 1.58 bits per heavy atom. The highest BCUT2D eigenvalue weighted by atomic mass is 79.9. The van der Waals surface area contributed by atoms with Gasteiger partial charge in [-0.05, 0) is 22.0 Å². The Morgan fingerprint density at radius 3 is 3.00 bits per heavy atom. The number of nitrogens with zero attached hydrogens (tertiary/aromatic N) is 2. The highest BCUT2D eigenvalue weighted by molar-refractivity contribution is 9.10. The maximum atomic E-state index is 12.6. The maximum absolute atomic E-state index is 12.6. The summed E-state index contributed by atoms with van der Waals surface area (Å²) in [6.07, 6.45) is 2.63. The molecule has 0 saturated carbocycles. The standard InChI is InChI=1S/C13H19BrN4O5S/c1-22-12-11(5-9(14)6-15-12)17-13(19)18-3-4-23-8-10(18)7-16-24(2,20)21/h5-6,10,16H,3-4,7-8H2,1-2H3,(H,17,19). The normalized spacial score (nSPS) is 18.3. The molecule has 2 rings (SSSR count). The lowest BCUT2D eigenvalue weighted by molar-refractivity contribution is 0.0176. The monoisotopic (exact) mass is 422 g/mol. The number of halogens is 1. The Balaban J connectivity index is 2.10. The van der Waals surface area contributed by atoms with Crippen LogP contribution in [0.3, 0.4) is 0 Å². The molecule has 1 unspecified atom stereocenters. The molecule has 9 nitrogen and oxygen atoms in total. The lowest BCUT2D eigenvalue weighted by Crippen LogP contribution is -2.54. The number of anilines is 1. The summed E-state index contributed by atoms with van der Waals surface area (Å²) in [4.78, 5) is 18.2. The van der Waals surface area contributed by atoms with Gasteiger partial charge in [0, 0.05) is 23.8 Å². The van der Waals surface area contributed by atoms with E-state index < -0.39 is 16.1 Å². The van der Waals surface area contributed by atoms with Crippen LogP contribution in [0.15, 0.2) is 16.7 Å². The number of hydrogen-bond donors (Lipinski definition) is 2. The fraction of sp³-hybridized carbons (Fsp3) is 0.538. The van der Waals surface area contributed by atoms with Crippen molar-refractivity contribution in [2.75, 3.05) is 45.0 Å². The van der Waals surface area contributed by atoms with Crippen LogP contribution in [0.4, 0.5) is 10.5 Å². The summed E-state index contributed by atoms with van der Waals surface area (Å²) in [6, 6.07) is 0.893. The summed E-state index contributed by atoms with van der Waals surface area (Å²) in [5.41, 5.74) is 0.415. The first kappa shape index (κ1) is 18.9. The van der Waals surface area contributed by atoms with Crippen molar-refractivity contribution in [2.24, 2.45) is 0 Å². The van der Waals surface area contributed by atoms with Crippen molar-refractivity contribution in [2.45, 2.75) is 6.04 Å². The molecule has 1 aromatic heterocycles. The van der Waals surface area contributed by atoms with E-state index in [-0.39, 0.29) is 25.1 Å². The number of carbonyl (C=O) groups excluding carboxylic acids is 1. The number of aromatic nitrogens is 1. The summed E-state index contributed by atoms with van der Waals surface area (Å²) >= 11 is 3.29. The van der Waals surface area contributed by atoms with Crippen LogP contribution >= 0.6 is 15.9 Å². The van der Waals surface area contributed by atoms with Crippen LogP contribution in [-0.2, 0) is 14.8 Å². The number of hydrogen-bond acceptors (Lipinski definition) is 6. The lowest BCUT2D eigenvalue weighted by atomic mass is 10.2. The van der Waals surface area contributed by atoms with Crippen LogP contribution in [0.1, 0.15) is 0 Å². The van der Waals surface area contributed by atoms with E-state index in [1.165, 1.54) is 12.0 Å². The Hall–Kier alpha value is -1.43. The minimum Gasteiger partial charge on any atom is -0.480 e. The summed E-state index contributed by atoms with van der Waals surface area (Å²) in [6.45, 7) is 1.08. The quantitative estimate of drug-likeness (QED) is 0.719. The third-order valence-corrected chi connectivity index (χ3v) is 4.45. The molecular formula is C13H19BrN4O5S. The highest BCUT2D eigenvalue weighted by Gasteiger charge is 2.28. The van der Waals surface area contributed by atoms with Crippen LogP contribution < -0.4 is 14.8 Å². The first-order valence-electron chi connectivity index (χ1n) is 7.09. The van der Waals surface area contributed by atoms with Crippen LogP contribution in [0.5, 0.6) is 5.88 Å². The van der Waals surface area contributed by atoms with Gasteiger partial charge in [0.05, 0.1) is 32.6 Å². The predicted molar refractivity (Wildman–Crippen MR) is 91.7 cm³/mol. The zero-order chi connectivity index (χ0) is 17.7. The Morgan fingerprint density at radius 2 is 2.33 bits per heavy atom. The van der Waals surface area contributed by atoms with Gasteiger partial charge in [0.25, 0.3) is 0 Å². The Bertz CT molecular complexity index is 700. The number of rotatable bonds is 5. The van der Waals surface area contributed by atoms with Crippen LogP contribution in [0, 0.1) is 0 Å². The van der Waals surface area contributed by atoms with Crippen molar-refractivity contribution in [3.05, 3.63) is 16.7 Å². The summed E-state index contributed by atoms with van der Waals surface area (Å²) in [7, 11) is -1.89. The predicted octanol–water partition coefficient (Wildman–Crippen LogP) is 0.635. The van der Waals surface area contributed by atoms with E-state index in [1.54, 1.807) is 12.3 Å². The zero-order valence-electron chi connectivity index (χ0n) is 13.3. The van der Waals surface area contributed by atoms with E-state index >= 15 is 0 Å². The minimum atomic E-state index is -3.35. The minimum absolute atomic E-state index is 0.0835. The molecule has 0 spiro atoms. The van der Waals surface area contributed by atoms with E-state index in [1.807, 2.05) is 0 Å². The number of nitrogens with one attached hydrogen (secondary N) is 2. The number of methoxy groups -OCH3 is 1. The number of pyridine rings is 1. The molecule has 2 N–H and O–H groups in total. The molecule has 1 atom stereocenters. The first-order valence-corrected chi connectivity index (χ1v) is 9.78. The van der Waals surface area contributed by atoms with Gasteiger partial charge in [-0.25, -0.2) is 22.9 Å². The SMILES string of the molecule is COc1ncc(Br)cc1NC(=O)N1CCOCC1CNS(C)(=O)=O. The second-order valence-corrected chi connectivity index (χ2v) is 7.93. The number of amides is 2. The van der Waals surface area contributed by atoms with Crippen molar-refractivity contribution in [3.8, 4) is 5.88 Å². The molecule has 134 valence electrons. The van der Waals surface area contributed by atoms with Gasteiger partial charge in [-0.15, -0.1) is 0 Å². The van der Waals surface area contributed by atoms with E-state index in [4.69, 9.17) is 9.47 Å². The molecule has 0 aromatic carbocycles. The second-order valence-electron chi connectivity index (χ2n) is 5.18. The van der Waals surface area contributed by atoms with Gasteiger partial charge in [-0.3, -0.25) is 0 Å². The third kappa shape index (κ3) is 5.30. The third-order valence-electron chi connectivity index (χ3n) is 3.32. The lowest BCUT2D eigenvalue weighted by Gasteiger charge is -2.35. The highest BCUT2D eigenvalue weighted by Crippen LogP contribution is 2.25. The van der Waals surface area contributed by atoms with Crippen molar-refractivity contribution < 1.29 is 22.7 Å². The zero-order valence-corrected chi connectivity index (χ0v) is 15.7. The molecule has 2 amide bonds. The van der Waals surface area contributed by atoms with Crippen LogP contribution in [0.2, 0.25) is 0 Å². The number of morpholine rings is 1.